The number of fused-ring (bicyclic) bond motifs is 2. The van der Waals surface area contributed by atoms with Gasteiger partial charge in [0.05, 0.1) is 19.8 Å². The van der Waals surface area contributed by atoms with Crippen LogP contribution in [0.2, 0.25) is 0 Å². The molecule has 0 unspecified atom stereocenters. The topological polar surface area (TPSA) is 69.3 Å². The number of rotatable bonds is 4. The number of aryl methyl sites for hydroxylation is 1. The van der Waals surface area contributed by atoms with Gasteiger partial charge in [-0.25, -0.2) is 4.79 Å². The van der Waals surface area contributed by atoms with Crippen molar-refractivity contribution in [2.45, 2.75) is 26.4 Å². The number of methoxy groups -OCH3 is 2. The molecule has 0 bridgehead atoms. The van der Waals surface area contributed by atoms with Crippen molar-refractivity contribution >= 4 is 22.3 Å². The molecule has 0 spiro atoms. The third kappa shape index (κ3) is 2.87. The van der Waals surface area contributed by atoms with Crippen molar-refractivity contribution in [2.24, 2.45) is 0 Å². The summed E-state index contributed by atoms with van der Waals surface area (Å²) in [5.74, 6) is 1.70. The van der Waals surface area contributed by atoms with Gasteiger partial charge in [-0.05, 0) is 44.5 Å². The number of hydrogen-bond acceptors (Lipinski definition) is 8. The minimum atomic E-state index is -0.333. The first-order valence-corrected chi connectivity index (χ1v) is 9.92. The van der Waals surface area contributed by atoms with Crippen molar-refractivity contribution < 1.29 is 23.7 Å². The fourth-order valence-electron chi connectivity index (χ4n) is 3.82. The lowest BCUT2D eigenvalue weighted by Crippen LogP contribution is -2.37. The lowest BCUT2D eigenvalue weighted by atomic mass is 9.95. The number of ether oxygens (including phenoxy) is 4. The van der Waals surface area contributed by atoms with E-state index in [0.717, 1.165) is 45.3 Å². The van der Waals surface area contributed by atoms with Crippen LogP contribution in [0.4, 0.5) is 5.00 Å². The number of hydrogen-bond donors (Lipinski definition) is 1. The van der Waals surface area contributed by atoms with Crippen molar-refractivity contribution in [2.75, 3.05) is 39.9 Å². The quantitative estimate of drug-likeness (QED) is 0.783. The van der Waals surface area contributed by atoms with Gasteiger partial charge in [0, 0.05) is 17.0 Å². The van der Waals surface area contributed by atoms with E-state index in [1.54, 1.807) is 18.4 Å². The average Bonchev–Trinajstić information content (AvgIpc) is 3.26. The molecule has 3 heterocycles. The van der Waals surface area contributed by atoms with Crippen LogP contribution in [0.25, 0.3) is 0 Å². The van der Waals surface area contributed by atoms with E-state index in [0.29, 0.717) is 17.1 Å². The summed E-state index contributed by atoms with van der Waals surface area (Å²) in [6.45, 7) is 5.01. The second kappa shape index (κ2) is 7.18. The van der Waals surface area contributed by atoms with Crippen LogP contribution in [-0.2, 0) is 11.2 Å². The van der Waals surface area contributed by atoms with E-state index in [1.807, 2.05) is 19.9 Å². The molecule has 1 aromatic heterocycles. The molecule has 0 amide bonds. The summed E-state index contributed by atoms with van der Waals surface area (Å²) in [7, 11) is 5.10. The highest BCUT2D eigenvalue weighted by Crippen LogP contribution is 2.50. The second-order valence-electron chi connectivity index (χ2n) is 6.97. The third-order valence-electron chi connectivity index (χ3n) is 5.44. The Kier molecular flexibility index (Phi) is 4.84. The van der Waals surface area contributed by atoms with Crippen LogP contribution in [-0.4, -0.2) is 45.5 Å². The maximum Gasteiger partial charge on any atom is 0.341 e. The Bertz CT molecular complexity index is 939. The van der Waals surface area contributed by atoms with Gasteiger partial charge in [-0.2, -0.15) is 0 Å². The summed E-state index contributed by atoms with van der Waals surface area (Å²) >= 11 is 1.56. The molecule has 150 valence electrons. The predicted molar refractivity (Wildman–Crippen MR) is 107 cm³/mol. The first-order chi connectivity index (χ1) is 13.5. The Morgan fingerprint density at radius 1 is 1.32 bits per heavy atom. The molecule has 28 heavy (non-hydrogen) atoms. The van der Waals surface area contributed by atoms with Crippen molar-refractivity contribution in [1.82, 2.24) is 4.90 Å². The molecule has 2 aliphatic heterocycles. The Hall–Kier alpha value is -2.45. The number of anilines is 1. The van der Waals surface area contributed by atoms with E-state index in [9.17, 15) is 4.79 Å². The summed E-state index contributed by atoms with van der Waals surface area (Å²) in [6.07, 6.45) is 0.706. The van der Waals surface area contributed by atoms with Gasteiger partial charge in [0.1, 0.15) is 11.2 Å². The molecule has 0 saturated heterocycles. The monoisotopic (exact) mass is 404 g/mol. The SMILES string of the molecule is COC(=O)c1c(N[C@@H]2c3c(cc4c(c3OC)OCO4)CCN2C)sc(C)c1C. The van der Waals surface area contributed by atoms with Gasteiger partial charge in [0.15, 0.2) is 11.5 Å². The van der Waals surface area contributed by atoms with Crippen LogP contribution in [0.1, 0.15) is 38.1 Å². The van der Waals surface area contributed by atoms with E-state index in [-0.39, 0.29) is 18.9 Å². The normalized spacial score (nSPS) is 18.0. The van der Waals surface area contributed by atoms with E-state index in [4.69, 9.17) is 18.9 Å². The van der Waals surface area contributed by atoms with Gasteiger partial charge in [0.25, 0.3) is 0 Å². The van der Waals surface area contributed by atoms with Crippen LogP contribution >= 0.6 is 11.3 Å². The van der Waals surface area contributed by atoms with Gasteiger partial charge >= 0.3 is 5.97 Å². The molecule has 1 atom stereocenters. The van der Waals surface area contributed by atoms with Crippen molar-refractivity contribution in [3.63, 3.8) is 0 Å². The van der Waals surface area contributed by atoms with Crippen LogP contribution < -0.4 is 19.5 Å². The Morgan fingerprint density at radius 2 is 2.11 bits per heavy atom. The fourth-order valence-corrected chi connectivity index (χ4v) is 4.89. The smallest absolute Gasteiger partial charge is 0.341 e. The first kappa shape index (κ1) is 18.9. The zero-order valence-electron chi connectivity index (χ0n) is 16.7. The number of benzene rings is 1. The van der Waals surface area contributed by atoms with E-state index < -0.39 is 0 Å². The highest BCUT2D eigenvalue weighted by Gasteiger charge is 2.35. The zero-order valence-corrected chi connectivity index (χ0v) is 17.5. The lowest BCUT2D eigenvalue weighted by molar-refractivity contribution is 0.0601. The Labute approximate surface area is 168 Å². The summed E-state index contributed by atoms with van der Waals surface area (Å²) in [5, 5.41) is 4.36. The summed E-state index contributed by atoms with van der Waals surface area (Å²) < 4.78 is 22.0. The highest BCUT2D eigenvalue weighted by molar-refractivity contribution is 7.16. The van der Waals surface area contributed by atoms with Gasteiger partial charge < -0.3 is 24.3 Å². The maximum absolute atomic E-state index is 12.4. The van der Waals surface area contributed by atoms with Crippen molar-refractivity contribution in [3.8, 4) is 17.2 Å². The van der Waals surface area contributed by atoms with Crippen LogP contribution in [0.5, 0.6) is 17.2 Å². The van der Waals surface area contributed by atoms with Crippen molar-refractivity contribution in [1.29, 1.82) is 0 Å². The zero-order chi connectivity index (χ0) is 20.0. The molecule has 0 aliphatic carbocycles. The van der Waals surface area contributed by atoms with E-state index in [2.05, 4.69) is 17.3 Å². The Balaban J connectivity index is 1.81. The number of nitrogens with zero attached hydrogens (tertiary/aromatic N) is 1. The minimum absolute atomic E-state index is 0.172. The number of carbonyl (C=O) groups excluding carboxylic acids is 1. The van der Waals surface area contributed by atoms with Gasteiger partial charge in [-0.1, -0.05) is 0 Å². The predicted octanol–water partition coefficient (Wildman–Crippen LogP) is 3.49. The highest BCUT2D eigenvalue weighted by atomic mass is 32.1. The lowest BCUT2D eigenvalue weighted by Gasteiger charge is -2.36. The molecule has 4 rings (SSSR count). The summed E-state index contributed by atoms with van der Waals surface area (Å²) in [4.78, 5) is 15.7. The van der Waals surface area contributed by atoms with E-state index >= 15 is 0 Å². The molecular weight excluding hydrogens is 380 g/mol. The molecule has 1 aromatic carbocycles. The standard InChI is InChI=1S/C20H24N2O5S/c1-10-11(2)28-19(14(10)20(23)25-5)21-18-15-12(6-7-22(18)3)8-13-16(17(15)24-4)27-9-26-13/h8,18,21H,6-7,9H2,1-5H3/t18-/m0/s1. The fraction of sp³-hybridized carbons (Fsp3) is 0.450. The number of nitrogens with one attached hydrogen (secondary N) is 1. The second-order valence-corrected chi connectivity index (χ2v) is 8.20. The van der Waals surface area contributed by atoms with E-state index in [1.165, 1.54) is 7.11 Å². The summed E-state index contributed by atoms with van der Waals surface area (Å²) in [6, 6.07) is 2.04. The molecule has 7 nitrogen and oxygen atoms in total. The molecule has 2 aromatic rings. The molecule has 8 heteroatoms. The molecular formula is C20H24N2O5S. The molecule has 2 aliphatic rings. The average molecular weight is 404 g/mol. The Morgan fingerprint density at radius 3 is 2.82 bits per heavy atom. The third-order valence-corrected chi connectivity index (χ3v) is 6.58. The molecule has 0 saturated carbocycles. The van der Waals surface area contributed by atoms with Crippen molar-refractivity contribution in [3.05, 3.63) is 33.2 Å². The molecule has 0 radical (unpaired) electrons. The van der Waals surface area contributed by atoms with Crippen LogP contribution in [0.15, 0.2) is 6.07 Å². The minimum Gasteiger partial charge on any atom is -0.492 e. The van der Waals surface area contributed by atoms with Gasteiger partial charge in [0.2, 0.25) is 12.5 Å². The first-order valence-electron chi connectivity index (χ1n) is 9.10. The van der Waals surface area contributed by atoms with Gasteiger partial charge in [-0.3, -0.25) is 4.90 Å². The number of carbonyl (C=O) groups is 1. The van der Waals surface area contributed by atoms with Gasteiger partial charge in [-0.15, -0.1) is 11.3 Å². The van der Waals surface area contributed by atoms with Crippen LogP contribution in [0, 0.1) is 13.8 Å². The maximum atomic E-state index is 12.4. The number of esters is 1. The number of likely N-dealkylation sites (N-methyl/N-ethyl adjacent to an activating group) is 1. The van der Waals surface area contributed by atoms with Crippen LogP contribution in [0.3, 0.4) is 0 Å². The molecule has 1 N–H and O–H groups in total. The largest absolute Gasteiger partial charge is 0.492 e. The molecule has 0 fully saturated rings. The number of thiophene rings is 1. The summed E-state index contributed by atoms with van der Waals surface area (Å²) in [5.41, 5.74) is 3.70.